The number of rotatable bonds is 8. The minimum Gasteiger partial charge on any atom is -0.493 e. The van der Waals surface area contributed by atoms with Crippen molar-refractivity contribution in [3.05, 3.63) is 23.8 Å². The molecule has 1 unspecified atom stereocenters. The maximum atomic E-state index is 12.5. The number of ether oxygens (including phenoxy) is 2. The van der Waals surface area contributed by atoms with Crippen LogP contribution in [-0.4, -0.2) is 46.5 Å². The molecule has 140 valence electrons. The van der Waals surface area contributed by atoms with Gasteiger partial charge in [-0.15, -0.1) is 0 Å². The molecule has 1 atom stereocenters. The van der Waals surface area contributed by atoms with E-state index in [4.69, 9.17) is 9.47 Å². The molecular formula is C19H29NO4S. The Morgan fingerprint density at radius 1 is 1.20 bits per heavy atom. The van der Waals surface area contributed by atoms with E-state index < -0.39 is 10.5 Å². The van der Waals surface area contributed by atoms with Gasteiger partial charge in [-0.1, -0.05) is 31.2 Å². The van der Waals surface area contributed by atoms with Crippen LogP contribution in [0.4, 0.5) is 4.79 Å². The Balaban J connectivity index is 2.16. The highest BCUT2D eigenvalue weighted by Gasteiger charge is 2.57. The van der Waals surface area contributed by atoms with Crippen LogP contribution in [0.15, 0.2) is 18.2 Å². The van der Waals surface area contributed by atoms with Crippen LogP contribution in [-0.2, 0) is 6.42 Å². The Labute approximate surface area is 154 Å². The molecule has 2 rings (SSSR count). The molecule has 1 saturated heterocycles. The minimum atomic E-state index is -1.11. The molecule has 1 aromatic rings. The summed E-state index contributed by atoms with van der Waals surface area (Å²) in [5.41, 5.74) is -0.0700. The topological polar surface area (TPSA) is 59.0 Å². The van der Waals surface area contributed by atoms with Gasteiger partial charge in [-0.3, -0.25) is 4.79 Å². The zero-order valence-corrected chi connectivity index (χ0v) is 16.6. The number of methoxy groups -OCH3 is 2. The van der Waals surface area contributed by atoms with Gasteiger partial charge < -0.3 is 19.5 Å². The van der Waals surface area contributed by atoms with Crippen molar-refractivity contribution in [2.75, 3.05) is 20.8 Å². The zero-order chi connectivity index (χ0) is 18.7. The number of nitrogens with zero attached hydrogens (tertiary/aromatic N) is 1. The maximum Gasteiger partial charge on any atom is 0.284 e. The van der Waals surface area contributed by atoms with Crippen LogP contribution in [0.3, 0.4) is 0 Å². The molecule has 0 aromatic heterocycles. The van der Waals surface area contributed by atoms with Crippen molar-refractivity contribution in [2.24, 2.45) is 0 Å². The van der Waals surface area contributed by atoms with Gasteiger partial charge in [-0.25, -0.2) is 0 Å². The number of benzene rings is 1. The number of carbonyl (C=O) groups excluding carboxylic acids is 1. The van der Waals surface area contributed by atoms with Gasteiger partial charge in [0, 0.05) is 6.54 Å². The molecule has 0 radical (unpaired) electrons. The van der Waals surface area contributed by atoms with Crippen LogP contribution < -0.4 is 9.47 Å². The predicted molar refractivity (Wildman–Crippen MR) is 101 cm³/mol. The van der Waals surface area contributed by atoms with E-state index in [1.807, 2.05) is 32.0 Å². The number of carbonyl (C=O) groups is 1. The summed E-state index contributed by atoms with van der Waals surface area (Å²) in [5.74, 6) is 1.35. The maximum absolute atomic E-state index is 12.5. The quantitative estimate of drug-likeness (QED) is 0.750. The van der Waals surface area contributed by atoms with E-state index in [0.29, 0.717) is 30.9 Å². The van der Waals surface area contributed by atoms with Gasteiger partial charge in [-0.2, -0.15) is 0 Å². The lowest BCUT2D eigenvalue weighted by molar-refractivity contribution is -0.0980. The first kappa shape index (κ1) is 19.9. The van der Waals surface area contributed by atoms with Gasteiger partial charge in [0.1, 0.15) is 0 Å². The third kappa shape index (κ3) is 3.90. The van der Waals surface area contributed by atoms with Gasteiger partial charge in [0.25, 0.3) is 5.24 Å². The summed E-state index contributed by atoms with van der Waals surface area (Å²) in [7, 11) is 3.21. The summed E-state index contributed by atoms with van der Waals surface area (Å²) < 4.78 is 10.1. The van der Waals surface area contributed by atoms with Crippen molar-refractivity contribution in [3.63, 3.8) is 0 Å². The molecule has 1 aromatic carbocycles. The van der Waals surface area contributed by atoms with Crippen molar-refractivity contribution < 1.29 is 19.4 Å². The molecule has 1 fully saturated rings. The monoisotopic (exact) mass is 367 g/mol. The second-order valence-electron chi connectivity index (χ2n) is 6.89. The second-order valence-corrected chi connectivity index (χ2v) is 8.46. The molecule has 0 aliphatic carbocycles. The summed E-state index contributed by atoms with van der Waals surface area (Å²) in [6, 6.07) is 5.75. The molecule has 1 aliphatic heterocycles. The van der Waals surface area contributed by atoms with Crippen LogP contribution in [0.5, 0.6) is 11.5 Å². The van der Waals surface area contributed by atoms with Crippen LogP contribution in [0, 0.1) is 0 Å². The Bertz CT molecular complexity index is 619. The third-order valence-electron chi connectivity index (χ3n) is 4.92. The van der Waals surface area contributed by atoms with Crippen molar-refractivity contribution >= 4 is 17.0 Å². The van der Waals surface area contributed by atoms with Crippen molar-refractivity contribution in [1.82, 2.24) is 4.90 Å². The highest BCUT2D eigenvalue weighted by atomic mass is 32.2. The Morgan fingerprint density at radius 3 is 2.48 bits per heavy atom. The van der Waals surface area contributed by atoms with Gasteiger partial charge in [-0.05, 0) is 50.8 Å². The number of amides is 1. The number of thioether (sulfide) groups is 1. The molecule has 1 aliphatic rings. The number of aliphatic hydroxyl groups is 1. The van der Waals surface area contributed by atoms with E-state index in [1.165, 1.54) is 11.8 Å². The lowest BCUT2D eigenvalue weighted by atomic mass is 9.91. The molecular weight excluding hydrogens is 338 g/mol. The largest absolute Gasteiger partial charge is 0.493 e. The third-order valence-corrected chi connectivity index (χ3v) is 6.16. The standard InChI is InChI=1S/C19H29NO4S/c1-6-7-11-19(22)18(2,3)25-17(21)20(19)12-10-14-8-9-15(23-4)16(13-14)24-5/h8-9,13,22H,6-7,10-12H2,1-5H3. The first-order chi connectivity index (χ1) is 11.8. The molecule has 1 heterocycles. The summed E-state index contributed by atoms with van der Waals surface area (Å²) in [5, 5.41) is 11.2. The first-order valence-corrected chi connectivity index (χ1v) is 9.54. The smallest absolute Gasteiger partial charge is 0.284 e. The minimum absolute atomic E-state index is 0.0518. The Hall–Kier alpha value is -1.40. The highest BCUT2D eigenvalue weighted by Crippen LogP contribution is 2.49. The fourth-order valence-electron chi connectivity index (χ4n) is 3.24. The van der Waals surface area contributed by atoms with Gasteiger partial charge in [0.05, 0.1) is 19.0 Å². The Kier molecular flexibility index (Phi) is 6.27. The molecule has 25 heavy (non-hydrogen) atoms. The van der Waals surface area contributed by atoms with E-state index in [9.17, 15) is 9.90 Å². The summed E-state index contributed by atoms with van der Waals surface area (Å²) in [4.78, 5) is 14.1. The van der Waals surface area contributed by atoms with Gasteiger partial charge in [0.2, 0.25) is 0 Å². The average Bonchev–Trinajstić information content (AvgIpc) is 2.75. The van der Waals surface area contributed by atoms with Gasteiger partial charge >= 0.3 is 0 Å². The van der Waals surface area contributed by atoms with Crippen molar-refractivity contribution in [3.8, 4) is 11.5 Å². The van der Waals surface area contributed by atoms with Crippen LogP contribution in [0.1, 0.15) is 45.6 Å². The molecule has 1 N–H and O–H groups in total. The normalized spacial score (nSPS) is 22.3. The molecule has 0 spiro atoms. The SMILES string of the molecule is CCCCC1(O)N(CCc2ccc(OC)c(OC)c2)C(=O)SC1(C)C. The highest BCUT2D eigenvalue weighted by molar-refractivity contribution is 8.15. The summed E-state index contributed by atoms with van der Waals surface area (Å²) in [6.45, 7) is 6.46. The zero-order valence-electron chi connectivity index (χ0n) is 15.8. The van der Waals surface area contributed by atoms with Crippen LogP contribution in [0.2, 0.25) is 0 Å². The van der Waals surface area contributed by atoms with Crippen LogP contribution >= 0.6 is 11.8 Å². The lowest BCUT2D eigenvalue weighted by Gasteiger charge is -2.41. The lowest BCUT2D eigenvalue weighted by Crippen LogP contribution is -2.55. The van der Waals surface area contributed by atoms with E-state index in [2.05, 4.69) is 6.92 Å². The predicted octanol–water partition coefficient (Wildman–Crippen LogP) is 4.07. The molecule has 0 saturated carbocycles. The molecule has 6 heteroatoms. The van der Waals surface area contributed by atoms with E-state index in [0.717, 1.165) is 18.4 Å². The molecule has 5 nitrogen and oxygen atoms in total. The van der Waals surface area contributed by atoms with E-state index in [-0.39, 0.29) is 5.24 Å². The fraction of sp³-hybridized carbons (Fsp3) is 0.632. The van der Waals surface area contributed by atoms with E-state index >= 15 is 0 Å². The fourth-order valence-corrected chi connectivity index (χ4v) is 4.41. The van der Waals surface area contributed by atoms with Crippen molar-refractivity contribution in [1.29, 1.82) is 0 Å². The van der Waals surface area contributed by atoms with Gasteiger partial charge in [0.15, 0.2) is 17.2 Å². The number of hydrogen-bond acceptors (Lipinski definition) is 5. The number of unbranched alkanes of at least 4 members (excludes halogenated alkanes) is 1. The Morgan fingerprint density at radius 2 is 1.88 bits per heavy atom. The second kappa shape index (κ2) is 7.87. The average molecular weight is 368 g/mol. The number of hydrogen-bond donors (Lipinski definition) is 1. The first-order valence-electron chi connectivity index (χ1n) is 8.73. The molecule has 0 bridgehead atoms. The van der Waals surface area contributed by atoms with E-state index in [1.54, 1.807) is 19.1 Å². The van der Waals surface area contributed by atoms with Crippen LogP contribution in [0.25, 0.3) is 0 Å². The summed E-state index contributed by atoms with van der Waals surface area (Å²) in [6.07, 6.45) is 3.12. The summed E-state index contributed by atoms with van der Waals surface area (Å²) >= 11 is 1.23. The molecule has 1 amide bonds. The van der Waals surface area contributed by atoms with Crippen molar-refractivity contribution in [2.45, 2.75) is 56.9 Å².